The van der Waals surface area contributed by atoms with Crippen LogP contribution in [0, 0.1) is 6.92 Å². The van der Waals surface area contributed by atoms with Gasteiger partial charge in [-0.3, -0.25) is 9.59 Å². The molecule has 2 fully saturated rings. The van der Waals surface area contributed by atoms with Crippen molar-refractivity contribution in [3.63, 3.8) is 0 Å². The molecular formula is C26H42N4O3. The minimum absolute atomic E-state index is 0.0211. The molecule has 2 aliphatic heterocycles. The third kappa shape index (κ3) is 8.06. The minimum atomic E-state index is -0.289. The van der Waals surface area contributed by atoms with E-state index in [0.717, 1.165) is 50.0 Å². The Morgan fingerprint density at radius 2 is 1.70 bits per heavy atom. The monoisotopic (exact) mass is 458 g/mol. The lowest BCUT2D eigenvalue weighted by molar-refractivity contribution is -0.143. The quantitative estimate of drug-likeness (QED) is 0.646. The number of hydrogen-bond donors (Lipinski definition) is 1. The van der Waals surface area contributed by atoms with Crippen LogP contribution in [0.15, 0.2) is 24.3 Å². The van der Waals surface area contributed by atoms with Gasteiger partial charge in [0, 0.05) is 45.3 Å². The second-order valence-corrected chi connectivity index (χ2v) is 9.05. The van der Waals surface area contributed by atoms with Crippen molar-refractivity contribution in [1.82, 2.24) is 14.7 Å². The van der Waals surface area contributed by atoms with Gasteiger partial charge in [-0.2, -0.15) is 0 Å². The van der Waals surface area contributed by atoms with E-state index in [1.54, 1.807) is 16.8 Å². The molecule has 0 aliphatic carbocycles. The van der Waals surface area contributed by atoms with E-state index < -0.39 is 0 Å². The smallest absolute Gasteiger partial charge is 0.321 e. The number of hydrogen-bond acceptors (Lipinski definition) is 3. The van der Waals surface area contributed by atoms with Crippen molar-refractivity contribution >= 4 is 23.5 Å². The molecule has 7 nitrogen and oxygen atoms in total. The maximum Gasteiger partial charge on any atom is 0.321 e. The van der Waals surface area contributed by atoms with Gasteiger partial charge in [0.25, 0.3) is 0 Å². The van der Waals surface area contributed by atoms with Crippen LogP contribution in [0.2, 0.25) is 0 Å². The van der Waals surface area contributed by atoms with Gasteiger partial charge in [0.1, 0.15) is 6.04 Å². The van der Waals surface area contributed by atoms with E-state index in [1.807, 2.05) is 36.1 Å². The first kappa shape index (κ1) is 26.7. The second-order valence-electron chi connectivity index (χ2n) is 9.05. The SMILES string of the molecule is CCCC.Cc1ccccc1NC(=O)N(C)CCCC(=O)N1CCCC1C(=O)N1CCCC1. The van der Waals surface area contributed by atoms with Crippen LogP contribution < -0.4 is 5.32 Å². The molecule has 0 radical (unpaired) electrons. The molecular weight excluding hydrogens is 416 g/mol. The van der Waals surface area contributed by atoms with Crippen molar-refractivity contribution < 1.29 is 14.4 Å². The van der Waals surface area contributed by atoms with Gasteiger partial charge in [0.2, 0.25) is 11.8 Å². The summed E-state index contributed by atoms with van der Waals surface area (Å²) < 4.78 is 0. The molecule has 1 N–H and O–H groups in total. The number of carbonyl (C=O) groups is 3. The number of anilines is 1. The van der Waals surface area contributed by atoms with Crippen molar-refractivity contribution in [2.24, 2.45) is 0 Å². The lowest BCUT2D eigenvalue weighted by Gasteiger charge is -2.28. The standard InChI is InChI=1S/C22H32N4O3.C4H10/c1-17-9-3-4-10-18(17)23-22(29)24(2)13-8-12-20(27)26-16-7-11-19(26)21(28)25-14-5-6-15-25;1-3-4-2/h3-4,9-10,19H,5-8,11-16H2,1-2H3,(H,23,29);3-4H2,1-2H3. The van der Waals surface area contributed by atoms with E-state index in [9.17, 15) is 14.4 Å². The second kappa shape index (κ2) is 13.9. The van der Waals surface area contributed by atoms with Crippen LogP contribution in [0.4, 0.5) is 10.5 Å². The number of amides is 4. The molecule has 0 aromatic heterocycles. The van der Waals surface area contributed by atoms with Gasteiger partial charge in [-0.25, -0.2) is 4.79 Å². The normalized spacial score (nSPS) is 17.4. The zero-order chi connectivity index (χ0) is 24.2. The molecule has 0 saturated carbocycles. The van der Waals surface area contributed by atoms with Gasteiger partial charge in [-0.05, 0) is 50.7 Å². The summed E-state index contributed by atoms with van der Waals surface area (Å²) in [5.41, 5.74) is 1.80. The van der Waals surface area contributed by atoms with E-state index in [1.165, 1.54) is 12.8 Å². The Morgan fingerprint density at radius 3 is 2.33 bits per heavy atom. The fourth-order valence-electron chi connectivity index (χ4n) is 4.11. The van der Waals surface area contributed by atoms with Gasteiger partial charge in [0.15, 0.2) is 0 Å². The molecule has 7 heteroatoms. The number of likely N-dealkylation sites (tertiary alicyclic amines) is 2. The lowest BCUT2D eigenvalue weighted by atomic mass is 10.1. The van der Waals surface area contributed by atoms with E-state index in [0.29, 0.717) is 25.9 Å². The Hall–Kier alpha value is -2.57. The van der Waals surface area contributed by atoms with Crippen LogP contribution in [0.25, 0.3) is 0 Å². The highest BCUT2D eigenvalue weighted by atomic mass is 16.2. The van der Waals surface area contributed by atoms with Crippen molar-refractivity contribution in [2.75, 3.05) is 38.5 Å². The van der Waals surface area contributed by atoms with Crippen LogP contribution in [0.5, 0.6) is 0 Å². The summed E-state index contributed by atoms with van der Waals surface area (Å²) in [6.07, 6.45) is 7.34. The average molecular weight is 459 g/mol. The van der Waals surface area contributed by atoms with Gasteiger partial charge >= 0.3 is 6.03 Å². The predicted octanol–water partition coefficient (Wildman–Crippen LogP) is 4.66. The molecule has 4 amide bonds. The third-order valence-electron chi connectivity index (χ3n) is 6.39. The Labute approximate surface area is 199 Å². The Bertz CT molecular complexity index is 775. The number of carbonyl (C=O) groups excluding carboxylic acids is 3. The highest BCUT2D eigenvalue weighted by Crippen LogP contribution is 2.23. The van der Waals surface area contributed by atoms with E-state index >= 15 is 0 Å². The molecule has 2 heterocycles. The number of unbranched alkanes of at least 4 members (excludes halogenated alkanes) is 1. The molecule has 184 valence electrons. The van der Waals surface area contributed by atoms with Gasteiger partial charge < -0.3 is 20.0 Å². The largest absolute Gasteiger partial charge is 0.341 e. The molecule has 2 aliphatic rings. The van der Waals surface area contributed by atoms with Crippen molar-refractivity contribution in [1.29, 1.82) is 0 Å². The van der Waals surface area contributed by atoms with Crippen molar-refractivity contribution in [3.05, 3.63) is 29.8 Å². The van der Waals surface area contributed by atoms with Gasteiger partial charge in [-0.1, -0.05) is 44.9 Å². The number of urea groups is 1. The third-order valence-corrected chi connectivity index (χ3v) is 6.39. The fourth-order valence-corrected chi connectivity index (χ4v) is 4.11. The minimum Gasteiger partial charge on any atom is -0.341 e. The summed E-state index contributed by atoms with van der Waals surface area (Å²) in [5.74, 6) is 0.135. The lowest BCUT2D eigenvalue weighted by Crippen LogP contribution is -2.47. The Morgan fingerprint density at radius 1 is 1.03 bits per heavy atom. The molecule has 2 saturated heterocycles. The zero-order valence-corrected chi connectivity index (χ0v) is 20.9. The van der Waals surface area contributed by atoms with E-state index in [-0.39, 0.29) is 23.9 Å². The van der Waals surface area contributed by atoms with Crippen LogP contribution in [0.1, 0.15) is 70.8 Å². The summed E-state index contributed by atoms with van der Waals surface area (Å²) in [6, 6.07) is 7.16. The zero-order valence-electron chi connectivity index (χ0n) is 20.9. The molecule has 1 aromatic carbocycles. The average Bonchev–Trinajstić information content (AvgIpc) is 3.52. The summed E-state index contributed by atoms with van der Waals surface area (Å²) in [6.45, 7) is 9.09. The van der Waals surface area contributed by atoms with Gasteiger partial charge in [-0.15, -0.1) is 0 Å². The van der Waals surface area contributed by atoms with Gasteiger partial charge in [0.05, 0.1) is 0 Å². The fraction of sp³-hybridized carbons (Fsp3) is 0.654. The highest BCUT2D eigenvalue weighted by Gasteiger charge is 2.36. The van der Waals surface area contributed by atoms with Crippen molar-refractivity contribution in [2.45, 2.75) is 78.2 Å². The summed E-state index contributed by atoms with van der Waals surface area (Å²) >= 11 is 0. The predicted molar refractivity (Wildman–Crippen MR) is 133 cm³/mol. The first-order chi connectivity index (χ1) is 15.9. The maximum atomic E-state index is 12.7. The first-order valence-corrected chi connectivity index (χ1v) is 12.5. The molecule has 33 heavy (non-hydrogen) atoms. The summed E-state index contributed by atoms with van der Waals surface area (Å²) in [7, 11) is 1.73. The molecule has 1 atom stereocenters. The molecule has 0 bridgehead atoms. The molecule has 1 aromatic rings. The number of nitrogens with one attached hydrogen (secondary N) is 1. The van der Waals surface area contributed by atoms with Crippen LogP contribution >= 0.6 is 0 Å². The van der Waals surface area contributed by atoms with E-state index in [2.05, 4.69) is 19.2 Å². The Kier molecular flexibility index (Phi) is 11.2. The topological polar surface area (TPSA) is 73.0 Å². The number of nitrogens with zero attached hydrogens (tertiary/aromatic N) is 3. The molecule has 3 rings (SSSR count). The van der Waals surface area contributed by atoms with Crippen LogP contribution in [-0.2, 0) is 9.59 Å². The Balaban J connectivity index is 0.000000890. The van der Waals surface area contributed by atoms with Crippen LogP contribution in [-0.4, -0.2) is 71.8 Å². The highest BCUT2D eigenvalue weighted by molar-refractivity contribution is 5.90. The molecule has 0 spiro atoms. The summed E-state index contributed by atoms with van der Waals surface area (Å²) in [5, 5.41) is 2.90. The molecule has 1 unspecified atom stereocenters. The van der Waals surface area contributed by atoms with Crippen LogP contribution in [0.3, 0.4) is 0 Å². The number of aryl methyl sites for hydroxylation is 1. The maximum absolute atomic E-state index is 12.7. The summed E-state index contributed by atoms with van der Waals surface area (Å²) in [4.78, 5) is 43.0. The number of benzene rings is 1. The number of para-hydroxylation sites is 1. The first-order valence-electron chi connectivity index (χ1n) is 12.5. The van der Waals surface area contributed by atoms with Crippen molar-refractivity contribution in [3.8, 4) is 0 Å². The number of rotatable bonds is 7. The van der Waals surface area contributed by atoms with E-state index in [4.69, 9.17) is 0 Å².